The second-order valence-electron chi connectivity index (χ2n) is 7.74. The van der Waals surface area contributed by atoms with Crippen LogP contribution >= 0.6 is 0 Å². The van der Waals surface area contributed by atoms with Gasteiger partial charge in [-0.1, -0.05) is 18.2 Å². The van der Waals surface area contributed by atoms with Gasteiger partial charge in [-0.25, -0.2) is 0 Å². The maximum atomic E-state index is 12.3. The van der Waals surface area contributed by atoms with Crippen LogP contribution in [0.3, 0.4) is 0 Å². The number of nitrogens with zero attached hydrogens (tertiary/aromatic N) is 4. The summed E-state index contributed by atoms with van der Waals surface area (Å²) in [5.41, 5.74) is 3.99. The van der Waals surface area contributed by atoms with Crippen LogP contribution in [0, 0.1) is 13.8 Å². The normalized spacial score (nSPS) is 15.6. The van der Waals surface area contributed by atoms with Gasteiger partial charge < -0.3 is 14.3 Å². The molecule has 1 N–H and O–H groups in total. The number of aromatic nitrogens is 3. The molecule has 0 saturated carbocycles. The van der Waals surface area contributed by atoms with Crippen LogP contribution < -0.4 is 5.32 Å². The zero-order valence-corrected chi connectivity index (χ0v) is 17.2. The number of benzene rings is 1. The van der Waals surface area contributed by atoms with Gasteiger partial charge in [0.1, 0.15) is 5.82 Å². The molecule has 0 aliphatic carbocycles. The number of hydrogen-bond donors (Lipinski definition) is 1. The molecule has 7 nitrogen and oxygen atoms in total. The maximum absolute atomic E-state index is 12.3. The van der Waals surface area contributed by atoms with Gasteiger partial charge in [0.25, 0.3) is 5.91 Å². The van der Waals surface area contributed by atoms with Gasteiger partial charge in [0.2, 0.25) is 0 Å². The summed E-state index contributed by atoms with van der Waals surface area (Å²) in [4.78, 5) is 14.7. The highest BCUT2D eigenvalue weighted by molar-refractivity contribution is 5.91. The molecule has 4 rings (SSSR count). The fourth-order valence-corrected chi connectivity index (χ4v) is 3.77. The van der Waals surface area contributed by atoms with E-state index in [-0.39, 0.29) is 11.9 Å². The van der Waals surface area contributed by atoms with Gasteiger partial charge in [0, 0.05) is 32.6 Å². The van der Waals surface area contributed by atoms with Gasteiger partial charge in [-0.05, 0) is 49.6 Å². The van der Waals surface area contributed by atoms with E-state index >= 15 is 0 Å². The van der Waals surface area contributed by atoms with E-state index in [0.29, 0.717) is 5.76 Å². The summed E-state index contributed by atoms with van der Waals surface area (Å²) >= 11 is 0. The van der Waals surface area contributed by atoms with Crippen LogP contribution in [0.4, 0.5) is 0 Å². The van der Waals surface area contributed by atoms with Crippen LogP contribution in [0.15, 0.2) is 41.0 Å². The molecule has 0 spiro atoms. The predicted molar refractivity (Wildman–Crippen MR) is 110 cm³/mol. The number of aryl methyl sites for hydroxylation is 2. The fourth-order valence-electron chi connectivity index (χ4n) is 3.77. The summed E-state index contributed by atoms with van der Waals surface area (Å²) in [6, 6.07) is 9.78. The van der Waals surface area contributed by atoms with Crippen LogP contribution in [-0.4, -0.2) is 38.7 Å². The van der Waals surface area contributed by atoms with Crippen LogP contribution in [0.2, 0.25) is 0 Å². The standard InChI is InChI=1S/C22H27N5O2/c1-15-6-7-18(13-16(15)2)14-26-9-8-20-24-25-21(27(20)11-10-26)17(3)23-22(28)19-5-4-12-29-19/h4-7,12-13,17H,8-11,14H2,1-3H3,(H,23,28). The Morgan fingerprint density at radius 1 is 1.17 bits per heavy atom. The lowest BCUT2D eigenvalue weighted by Gasteiger charge is -2.20. The Labute approximate surface area is 170 Å². The van der Waals surface area contributed by atoms with E-state index in [9.17, 15) is 4.79 Å². The first-order valence-electron chi connectivity index (χ1n) is 10.1. The summed E-state index contributed by atoms with van der Waals surface area (Å²) in [6.45, 7) is 9.83. The van der Waals surface area contributed by atoms with E-state index in [4.69, 9.17) is 4.42 Å². The average Bonchev–Trinajstić information content (AvgIpc) is 3.33. The van der Waals surface area contributed by atoms with Gasteiger partial charge in [0.05, 0.1) is 12.3 Å². The average molecular weight is 393 g/mol. The third-order valence-electron chi connectivity index (χ3n) is 5.60. The number of furan rings is 1. The highest BCUT2D eigenvalue weighted by Crippen LogP contribution is 2.18. The van der Waals surface area contributed by atoms with Gasteiger partial charge in [0.15, 0.2) is 11.6 Å². The number of fused-ring (bicyclic) bond motifs is 1. The molecular weight excluding hydrogens is 366 g/mol. The molecule has 2 aromatic heterocycles. The highest BCUT2D eigenvalue weighted by Gasteiger charge is 2.23. The van der Waals surface area contributed by atoms with Crippen molar-refractivity contribution >= 4 is 5.91 Å². The van der Waals surface area contributed by atoms with Crippen molar-refractivity contribution in [1.29, 1.82) is 0 Å². The second kappa shape index (κ2) is 8.21. The molecule has 152 valence electrons. The summed E-state index contributed by atoms with van der Waals surface area (Å²) in [6.07, 6.45) is 2.34. The van der Waals surface area contributed by atoms with E-state index in [0.717, 1.165) is 44.2 Å². The molecule has 1 atom stereocenters. The first-order chi connectivity index (χ1) is 14.0. The lowest BCUT2D eigenvalue weighted by Crippen LogP contribution is -2.30. The predicted octanol–water partition coefficient (Wildman–Crippen LogP) is 3.04. The van der Waals surface area contributed by atoms with Gasteiger partial charge in [-0.3, -0.25) is 9.69 Å². The minimum absolute atomic E-state index is 0.246. The van der Waals surface area contributed by atoms with Crippen molar-refractivity contribution < 1.29 is 9.21 Å². The smallest absolute Gasteiger partial charge is 0.287 e. The zero-order chi connectivity index (χ0) is 20.4. The first kappa shape index (κ1) is 19.4. The van der Waals surface area contributed by atoms with E-state index in [1.54, 1.807) is 12.1 Å². The molecule has 1 aliphatic heterocycles. The van der Waals surface area contributed by atoms with Crippen molar-refractivity contribution in [2.24, 2.45) is 0 Å². The van der Waals surface area contributed by atoms with Gasteiger partial charge in [-0.15, -0.1) is 10.2 Å². The summed E-state index contributed by atoms with van der Waals surface area (Å²) < 4.78 is 7.32. The van der Waals surface area contributed by atoms with Crippen LogP contribution in [-0.2, 0) is 19.5 Å². The Kier molecular flexibility index (Phi) is 5.49. The third kappa shape index (κ3) is 4.24. The molecular formula is C22H27N5O2. The molecule has 0 saturated heterocycles. The fraction of sp³-hybridized carbons (Fsp3) is 0.409. The third-order valence-corrected chi connectivity index (χ3v) is 5.60. The number of nitrogens with one attached hydrogen (secondary N) is 1. The number of carbonyl (C=O) groups is 1. The van der Waals surface area contributed by atoms with Crippen molar-refractivity contribution in [3.05, 3.63) is 70.7 Å². The molecule has 7 heteroatoms. The van der Waals surface area contributed by atoms with Crippen LogP contribution in [0.1, 0.15) is 51.9 Å². The van der Waals surface area contributed by atoms with E-state index in [1.165, 1.54) is 23.0 Å². The molecule has 1 amide bonds. The van der Waals surface area contributed by atoms with Crippen LogP contribution in [0.25, 0.3) is 0 Å². The Balaban J connectivity index is 1.42. The molecule has 0 fully saturated rings. The lowest BCUT2D eigenvalue weighted by molar-refractivity contribution is 0.0909. The number of hydrogen-bond acceptors (Lipinski definition) is 5. The molecule has 29 heavy (non-hydrogen) atoms. The second-order valence-corrected chi connectivity index (χ2v) is 7.74. The van der Waals surface area contributed by atoms with E-state index in [1.807, 2.05) is 6.92 Å². The molecule has 1 unspecified atom stereocenters. The maximum Gasteiger partial charge on any atom is 0.287 e. The molecule has 3 aromatic rings. The molecule has 1 aliphatic rings. The Hall–Kier alpha value is -2.93. The minimum atomic E-state index is -0.250. The van der Waals surface area contributed by atoms with Gasteiger partial charge >= 0.3 is 0 Å². The van der Waals surface area contributed by atoms with Crippen molar-refractivity contribution in [1.82, 2.24) is 25.0 Å². The first-order valence-corrected chi connectivity index (χ1v) is 10.1. The SMILES string of the molecule is Cc1ccc(CN2CCc3nnc(C(C)NC(=O)c4ccco4)n3CC2)cc1C. The van der Waals surface area contributed by atoms with Crippen molar-refractivity contribution in [2.75, 3.05) is 13.1 Å². The van der Waals surface area contributed by atoms with Crippen molar-refractivity contribution in [3.63, 3.8) is 0 Å². The zero-order valence-electron chi connectivity index (χ0n) is 17.2. The molecule has 3 heterocycles. The molecule has 0 radical (unpaired) electrons. The summed E-state index contributed by atoms with van der Waals surface area (Å²) in [5, 5.41) is 11.7. The Morgan fingerprint density at radius 3 is 2.79 bits per heavy atom. The summed E-state index contributed by atoms with van der Waals surface area (Å²) in [7, 11) is 0. The molecule has 0 bridgehead atoms. The van der Waals surface area contributed by atoms with Crippen LogP contribution in [0.5, 0.6) is 0 Å². The Bertz CT molecular complexity index is 993. The Morgan fingerprint density at radius 2 is 2.03 bits per heavy atom. The highest BCUT2D eigenvalue weighted by atomic mass is 16.3. The topological polar surface area (TPSA) is 76.2 Å². The number of amides is 1. The van der Waals surface area contributed by atoms with Gasteiger partial charge in [-0.2, -0.15) is 0 Å². The monoisotopic (exact) mass is 393 g/mol. The van der Waals surface area contributed by atoms with Crippen molar-refractivity contribution in [3.8, 4) is 0 Å². The molecule has 1 aromatic carbocycles. The summed E-state index contributed by atoms with van der Waals surface area (Å²) in [5.74, 6) is 1.81. The number of rotatable bonds is 5. The van der Waals surface area contributed by atoms with Crippen molar-refractivity contribution in [2.45, 2.75) is 46.3 Å². The van der Waals surface area contributed by atoms with E-state index in [2.05, 4.69) is 57.0 Å². The van der Waals surface area contributed by atoms with E-state index < -0.39 is 0 Å². The quantitative estimate of drug-likeness (QED) is 0.721. The largest absolute Gasteiger partial charge is 0.459 e. The number of carbonyl (C=O) groups excluding carboxylic acids is 1. The minimum Gasteiger partial charge on any atom is -0.459 e. The lowest BCUT2D eigenvalue weighted by atomic mass is 10.1.